The van der Waals surface area contributed by atoms with Gasteiger partial charge in [0.2, 0.25) is 0 Å². The monoisotopic (exact) mass is 158 g/mol. The third kappa shape index (κ3) is 6.79. The lowest BCUT2D eigenvalue weighted by Gasteiger charge is -2.00. The number of guanidine groups is 1. The quantitative estimate of drug-likeness (QED) is 0.197. The van der Waals surface area contributed by atoms with Crippen molar-refractivity contribution in [3.05, 3.63) is 0 Å². The fraction of sp³-hybridized carbons (Fsp3) is 0.667. The van der Waals surface area contributed by atoms with Crippen LogP contribution in [-0.4, -0.2) is 24.8 Å². The Morgan fingerprint density at radius 2 is 2.18 bits per heavy atom. The molecule has 1 atom stereocenters. The van der Waals surface area contributed by atoms with Gasteiger partial charge in [-0.2, -0.15) is 0 Å². The molecule has 0 aliphatic rings. The minimum atomic E-state index is -0.385. The Labute approximate surface area is 65.6 Å². The number of aliphatic imine (C=N–C) groups is 1. The molecule has 5 heteroatoms. The second-order valence-electron chi connectivity index (χ2n) is 2.25. The van der Waals surface area contributed by atoms with Crippen LogP contribution in [0.5, 0.6) is 0 Å². The maximum atomic E-state index is 10.0. The zero-order valence-corrected chi connectivity index (χ0v) is 6.36. The zero-order valence-electron chi connectivity index (χ0n) is 6.36. The van der Waals surface area contributed by atoms with Gasteiger partial charge in [-0.15, -0.1) is 0 Å². The molecule has 0 aromatic rings. The molecule has 0 heterocycles. The Morgan fingerprint density at radius 3 is 2.64 bits per heavy atom. The molecule has 0 rings (SSSR count). The highest BCUT2D eigenvalue weighted by Crippen LogP contribution is 1.91. The average molecular weight is 158 g/mol. The van der Waals surface area contributed by atoms with Crippen LogP contribution in [0.15, 0.2) is 4.99 Å². The predicted octanol–water partition coefficient (Wildman–Crippen LogP) is -1.43. The number of rotatable bonds is 5. The number of carbonyl (C=O) groups is 1. The molecule has 5 nitrogen and oxygen atoms in total. The lowest BCUT2D eigenvalue weighted by atomic mass is 10.2. The Bertz CT molecular complexity index is 142. The first-order chi connectivity index (χ1) is 5.16. The number of hydrogen-bond acceptors (Lipinski definition) is 3. The molecule has 64 valence electrons. The predicted molar refractivity (Wildman–Crippen MR) is 44.0 cm³/mol. The van der Waals surface area contributed by atoms with Gasteiger partial charge in [-0.05, 0) is 12.8 Å². The third-order valence-electron chi connectivity index (χ3n) is 1.16. The minimum absolute atomic E-state index is 0.0738. The molecule has 0 saturated heterocycles. The Kier molecular flexibility index (Phi) is 5.10. The topological polar surface area (TPSA) is 107 Å². The molecule has 0 amide bonds. The number of carbonyl (C=O) groups excluding carboxylic acids is 1. The molecule has 0 aromatic carbocycles. The fourth-order valence-corrected chi connectivity index (χ4v) is 0.603. The molecular weight excluding hydrogens is 144 g/mol. The van der Waals surface area contributed by atoms with Gasteiger partial charge in [0.1, 0.15) is 6.29 Å². The molecule has 11 heavy (non-hydrogen) atoms. The highest BCUT2D eigenvalue weighted by molar-refractivity contribution is 5.75. The van der Waals surface area contributed by atoms with Gasteiger partial charge in [0.15, 0.2) is 5.96 Å². The van der Waals surface area contributed by atoms with Crippen LogP contribution in [0, 0.1) is 0 Å². The van der Waals surface area contributed by atoms with Crippen LogP contribution in [0.2, 0.25) is 0 Å². The van der Waals surface area contributed by atoms with E-state index in [2.05, 4.69) is 4.99 Å². The Balaban J connectivity index is 3.28. The van der Waals surface area contributed by atoms with Crippen LogP contribution in [0.1, 0.15) is 12.8 Å². The van der Waals surface area contributed by atoms with E-state index in [1.165, 1.54) is 0 Å². The number of nitrogens with two attached hydrogens (primary N) is 3. The first-order valence-electron chi connectivity index (χ1n) is 3.43. The van der Waals surface area contributed by atoms with E-state index in [0.717, 1.165) is 12.7 Å². The third-order valence-corrected chi connectivity index (χ3v) is 1.16. The SMILES string of the molecule is NC(N)=NCCC[C@H](N)C=O. The zero-order chi connectivity index (χ0) is 8.69. The molecule has 0 aliphatic carbocycles. The van der Waals surface area contributed by atoms with Crippen LogP contribution in [-0.2, 0) is 4.79 Å². The summed E-state index contributed by atoms with van der Waals surface area (Å²) in [5.74, 6) is 0.0738. The summed E-state index contributed by atoms with van der Waals surface area (Å²) in [7, 11) is 0. The summed E-state index contributed by atoms with van der Waals surface area (Å²) < 4.78 is 0. The molecule has 0 saturated carbocycles. The van der Waals surface area contributed by atoms with Crippen LogP contribution >= 0.6 is 0 Å². The van der Waals surface area contributed by atoms with E-state index in [1.807, 2.05) is 0 Å². The molecule has 0 aliphatic heterocycles. The molecule has 0 radical (unpaired) electrons. The standard InChI is InChI=1S/C6H14N4O/c7-5(4-11)2-1-3-10-6(8)9/h4-5H,1-3,7H2,(H4,8,9,10)/t5-/m0/s1. The Morgan fingerprint density at radius 1 is 1.55 bits per heavy atom. The highest BCUT2D eigenvalue weighted by atomic mass is 16.1. The number of aldehydes is 1. The van der Waals surface area contributed by atoms with Gasteiger partial charge in [-0.1, -0.05) is 0 Å². The van der Waals surface area contributed by atoms with Gasteiger partial charge in [0.25, 0.3) is 0 Å². The van der Waals surface area contributed by atoms with E-state index >= 15 is 0 Å². The summed E-state index contributed by atoms with van der Waals surface area (Å²) in [4.78, 5) is 13.8. The van der Waals surface area contributed by atoms with Crippen LogP contribution in [0.3, 0.4) is 0 Å². The van der Waals surface area contributed by atoms with Gasteiger partial charge in [-0.25, -0.2) is 0 Å². The van der Waals surface area contributed by atoms with Crippen LogP contribution < -0.4 is 17.2 Å². The molecular formula is C6H14N4O. The average Bonchev–Trinajstić information content (AvgIpc) is 1.97. The van der Waals surface area contributed by atoms with Gasteiger partial charge in [0, 0.05) is 6.54 Å². The molecule has 0 spiro atoms. The molecule has 0 unspecified atom stereocenters. The minimum Gasteiger partial charge on any atom is -0.370 e. The first kappa shape index (κ1) is 9.90. The lowest BCUT2D eigenvalue weighted by molar-refractivity contribution is -0.109. The lowest BCUT2D eigenvalue weighted by Crippen LogP contribution is -2.24. The summed E-state index contributed by atoms with van der Waals surface area (Å²) in [6, 6.07) is -0.385. The molecule has 0 aromatic heterocycles. The van der Waals surface area contributed by atoms with Crippen molar-refractivity contribution >= 4 is 12.2 Å². The van der Waals surface area contributed by atoms with E-state index in [9.17, 15) is 4.79 Å². The molecule has 6 N–H and O–H groups in total. The number of nitrogens with zero attached hydrogens (tertiary/aromatic N) is 1. The van der Waals surface area contributed by atoms with Crippen molar-refractivity contribution in [1.82, 2.24) is 0 Å². The largest absolute Gasteiger partial charge is 0.370 e. The summed E-state index contributed by atoms with van der Waals surface area (Å²) in [6.45, 7) is 0.532. The van der Waals surface area contributed by atoms with Crippen molar-refractivity contribution in [2.75, 3.05) is 6.54 Å². The van der Waals surface area contributed by atoms with Crippen molar-refractivity contribution in [3.8, 4) is 0 Å². The maximum absolute atomic E-state index is 10.0. The van der Waals surface area contributed by atoms with Gasteiger partial charge >= 0.3 is 0 Å². The smallest absolute Gasteiger partial charge is 0.185 e. The van der Waals surface area contributed by atoms with Crippen molar-refractivity contribution in [3.63, 3.8) is 0 Å². The van der Waals surface area contributed by atoms with Crippen molar-refractivity contribution < 1.29 is 4.79 Å². The van der Waals surface area contributed by atoms with Crippen molar-refractivity contribution in [2.45, 2.75) is 18.9 Å². The van der Waals surface area contributed by atoms with E-state index < -0.39 is 0 Å². The summed E-state index contributed by atoms with van der Waals surface area (Å²) in [5.41, 5.74) is 15.4. The van der Waals surface area contributed by atoms with E-state index in [4.69, 9.17) is 17.2 Å². The summed E-state index contributed by atoms with van der Waals surface area (Å²) >= 11 is 0. The highest BCUT2D eigenvalue weighted by Gasteiger charge is 1.97. The van der Waals surface area contributed by atoms with E-state index in [-0.39, 0.29) is 12.0 Å². The first-order valence-corrected chi connectivity index (χ1v) is 3.43. The summed E-state index contributed by atoms with van der Waals surface area (Å²) in [5, 5.41) is 0. The second kappa shape index (κ2) is 5.67. The van der Waals surface area contributed by atoms with Crippen molar-refractivity contribution in [1.29, 1.82) is 0 Å². The summed E-state index contributed by atoms with van der Waals surface area (Å²) in [6.07, 6.45) is 2.08. The maximum Gasteiger partial charge on any atom is 0.185 e. The van der Waals surface area contributed by atoms with E-state index in [0.29, 0.717) is 13.0 Å². The Hall–Kier alpha value is -1.10. The van der Waals surface area contributed by atoms with Gasteiger partial charge < -0.3 is 22.0 Å². The second-order valence-corrected chi connectivity index (χ2v) is 2.25. The molecule has 0 fully saturated rings. The van der Waals surface area contributed by atoms with E-state index in [1.54, 1.807) is 0 Å². The van der Waals surface area contributed by atoms with Crippen LogP contribution in [0.25, 0.3) is 0 Å². The number of hydrogen-bond donors (Lipinski definition) is 3. The molecule has 0 bridgehead atoms. The van der Waals surface area contributed by atoms with Gasteiger partial charge in [0.05, 0.1) is 6.04 Å². The fourth-order valence-electron chi connectivity index (χ4n) is 0.603. The van der Waals surface area contributed by atoms with Gasteiger partial charge in [-0.3, -0.25) is 4.99 Å². The van der Waals surface area contributed by atoms with Crippen molar-refractivity contribution in [2.24, 2.45) is 22.2 Å². The van der Waals surface area contributed by atoms with Crippen LogP contribution in [0.4, 0.5) is 0 Å². The normalized spacial score (nSPS) is 12.1.